The molecule has 6 heteroatoms. The molecular weight excluding hydrogens is 320 g/mol. The van der Waals surface area contributed by atoms with Crippen molar-refractivity contribution in [2.45, 2.75) is 17.1 Å². The molecule has 0 aliphatic rings. The molecule has 1 atom stereocenters. The average molecular weight is 335 g/mol. The van der Waals surface area contributed by atoms with Crippen LogP contribution in [0, 0.1) is 0 Å². The van der Waals surface area contributed by atoms with Gasteiger partial charge in [-0.2, -0.15) is 0 Å². The number of nitrogens with two attached hydrogens (primary N) is 1. The Morgan fingerprint density at radius 1 is 1.14 bits per heavy atom. The Morgan fingerprint density at radius 2 is 1.77 bits per heavy atom. The van der Waals surface area contributed by atoms with Gasteiger partial charge in [0.05, 0.1) is 16.5 Å². The Bertz CT molecular complexity index is 689. The van der Waals surface area contributed by atoms with E-state index in [4.69, 9.17) is 17.3 Å². The topological polar surface area (TPSA) is 72.2 Å². The largest absolute Gasteiger partial charge is 0.366 e. The molecule has 0 saturated heterocycles. The van der Waals surface area contributed by atoms with Crippen molar-refractivity contribution < 1.29 is 9.59 Å². The number of nitrogens with one attached hydrogen (secondary N) is 1. The molecule has 0 aliphatic carbocycles. The molecule has 0 aliphatic heterocycles. The molecule has 0 bridgehead atoms. The third kappa shape index (κ3) is 4.26. The van der Waals surface area contributed by atoms with Crippen LogP contribution in [0.2, 0.25) is 5.02 Å². The maximum absolute atomic E-state index is 12.2. The number of carbonyl (C=O) groups excluding carboxylic acids is 2. The lowest BCUT2D eigenvalue weighted by Crippen LogP contribution is -2.24. The number of halogens is 1. The normalized spacial score (nSPS) is 11.7. The van der Waals surface area contributed by atoms with Crippen LogP contribution in [0.1, 0.15) is 17.3 Å². The summed E-state index contributed by atoms with van der Waals surface area (Å²) in [5.41, 5.74) is 6.01. The number of para-hydroxylation sites is 1. The van der Waals surface area contributed by atoms with E-state index in [1.165, 1.54) is 11.8 Å². The van der Waals surface area contributed by atoms with E-state index in [-0.39, 0.29) is 11.2 Å². The van der Waals surface area contributed by atoms with E-state index < -0.39 is 5.91 Å². The van der Waals surface area contributed by atoms with E-state index in [9.17, 15) is 9.59 Å². The maximum Gasteiger partial charge on any atom is 0.250 e. The second-order valence-corrected chi connectivity index (χ2v) is 6.46. The third-order valence-corrected chi connectivity index (χ3v) is 4.31. The third-order valence-electron chi connectivity index (χ3n) is 2.95. The number of primary amides is 1. The van der Waals surface area contributed by atoms with Crippen LogP contribution in [0.25, 0.3) is 0 Å². The van der Waals surface area contributed by atoms with Gasteiger partial charge in [0.1, 0.15) is 0 Å². The highest BCUT2D eigenvalue weighted by Crippen LogP contribution is 2.26. The highest BCUT2D eigenvalue weighted by molar-refractivity contribution is 8.00. The van der Waals surface area contributed by atoms with Crippen LogP contribution in [0.15, 0.2) is 53.4 Å². The van der Waals surface area contributed by atoms with Crippen molar-refractivity contribution in [1.29, 1.82) is 0 Å². The van der Waals surface area contributed by atoms with Crippen molar-refractivity contribution >= 4 is 40.9 Å². The number of rotatable bonds is 5. The molecule has 0 fully saturated rings. The van der Waals surface area contributed by atoms with Gasteiger partial charge in [-0.05, 0) is 43.3 Å². The molecule has 0 radical (unpaired) electrons. The molecule has 22 heavy (non-hydrogen) atoms. The van der Waals surface area contributed by atoms with Crippen molar-refractivity contribution in [3.8, 4) is 0 Å². The van der Waals surface area contributed by atoms with Gasteiger partial charge in [0.15, 0.2) is 0 Å². The first kappa shape index (κ1) is 16.4. The van der Waals surface area contributed by atoms with Gasteiger partial charge in [-0.1, -0.05) is 23.7 Å². The fourth-order valence-electron chi connectivity index (χ4n) is 1.81. The first-order valence-electron chi connectivity index (χ1n) is 6.59. The summed E-state index contributed by atoms with van der Waals surface area (Å²) in [7, 11) is 0. The lowest BCUT2D eigenvalue weighted by molar-refractivity contribution is -0.115. The second kappa shape index (κ2) is 7.33. The molecule has 3 N–H and O–H groups in total. The number of carbonyl (C=O) groups is 2. The van der Waals surface area contributed by atoms with E-state index in [0.717, 1.165) is 4.90 Å². The number of thioether (sulfide) groups is 1. The first-order valence-corrected chi connectivity index (χ1v) is 7.85. The smallest absolute Gasteiger partial charge is 0.250 e. The molecule has 0 spiro atoms. The van der Waals surface area contributed by atoms with Gasteiger partial charge in [-0.25, -0.2) is 0 Å². The van der Waals surface area contributed by atoms with Crippen LogP contribution in [0.3, 0.4) is 0 Å². The molecule has 2 aromatic carbocycles. The van der Waals surface area contributed by atoms with Crippen LogP contribution in [-0.4, -0.2) is 17.1 Å². The number of hydrogen-bond donors (Lipinski definition) is 2. The lowest BCUT2D eigenvalue weighted by Gasteiger charge is -2.13. The fourth-order valence-corrected chi connectivity index (χ4v) is 2.81. The van der Waals surface area contributed by atoms with E-state index >= 15 is 0 Å². The van der Waals surface area contributed by atoms with Crippen molar-refractivity contribution in [2.75, 3.05) is 5.32 Å². The molecule has 2 amide bonds. The van der Waals surface area contributed by atoms with Crippen molar-refractivity contribution in [2.24, 2.45) is 5.73 Å². The molecule has 2 rings (SSSR count). The van der Waals surface area contributed by atoms with Crippen molar-refractivity contribution in [3.05, 3.63) is 59.1 Å². The van der Waals surface area contributed by atoms with Crippen LogP contribution in [0.5, 0.6) is 0 Å². The minimum atomic E-state index is -0.575. The van der Waals surface area contributed by atoms with Crippen LogP contribution in [0.4, 0.5) is 5.69 Å². The number of benzene rings is 2. The Hall–Kier alpha value is -1.98. The van der Waals surface area contributed by atoms with Gasteiger partial charge in [-0.15, -0.1) is 11.8 Å². The zero-order valence-corrected chi connectivity index (χ0v) is 13.4. The minimum Gasteiger partial charge on any atom is -0.366 e. The quantitative estimate of drug-likeness (QED) is 0.821. The summed E-state index contributed by atoms with van der Waals surface area (Å²) in [6.07, 6.45) is 0. The Labute approximate surface area is 138 Å². The second-order valence-electron chi connectivity index (χ2n) is 4.61. The summed E-state index contributed by atoms with van der Waals surface area (Å²) >= 11 is 7.24. The van der Waals surface area contributed by atoms with Crippen molar-refractivity contribution in [3.63, 3.8) is 0 Å². The molecule has 2 aromatic rings. The van der Waals surface area contributed by atoms with Gasteiger partial charge in [0.2, 0.25) is 5.91 Å². The number of amides is 2. The first-order chi connectivity index (χ1) is 10.5. The summed E-state index contributed by atoms with van der Waals surface area (Å²) in [6, 6.07) is 13.9. The van der Waals surface area contributed by atoms with E-state index in [1.807, 2.05) is 12.1 Å². The van der Waals surface area contributed by atoms with Crippen LogP contribution in [-0.2, 0) is 4.79 Å². The maximum atomic E-state index is 12.2. The summed E-state index contributed by atoms with van der Waals surface area (Å²) in [6.45, 7) is 1.79. The Balaban J connectivity index is 2.05. The zero-order chi connectivity index (χ0) is 16.1. The highest BCUT2D eigenvalue weighted by atomic mass is 35.5. The predicted octanol–water partition coefficient (Wildman–Crippen LogP) is 3.56. The van der Waals surface area contributed by atoms with Gasteiger partial charge in [0.25, 0.3) is 5.91 Å². The molecule has 0 aromatic heterocycles. The average Bonchev–Trinajstić information content (AvgIpc) is 2.49. The van der Waals surface area contributed by atoms with Crippen LogP contribution < -0.4 is 11.1 Å². The minimum absolute atomic E-state index is 0.200. The number of hydrogen-bond acceptors (Lipinski definition) is 3. The van der Waals surface area contributed by atoms with Crippen LogP contribution >= 0.6 is 23.4 Å². The van der Waals surface area contributed by atoms with E-state index in [1.54, 1.807) is 43.3 Å². The van der Waals surface area contributed by atoms with Gasteiger partial charge >= 0.3 is 0 Å². The fraction of sp³-hybridized carbons (Fsp3) is 0.125. The lowest BCUT2D eigenvalue weighted by atomic mass is 10.1. The number of anilines is 1. The molecule has 4 nitrogen and oxygen atoms in total. The SMILES string of the molecule is CC(Sc1ccc(Cl)cc1)C(=O)Nc1ccccc1C(N)=O. The van der Waals surface area contributed by atoms with Gasteiger partial charge in [-0.3, -0.25) is 9.59 Å². The van der Waals surface area contributed by atoms with E-state index in [2.05, 4.69) is 5.32 Å². The van der Waals surface area contributed by atoms with Gasteiger partial charge < -0.3 is 11.1 Å². The molecule has 0 heterocycles. The standard InChI is InChI=1S/C16H15ClN2O2S/c1-10(22-12-8-6-11(17)7-9-12)16(21)19-14-5-3-2-4-13(14)15(18)20/h2-10H,1H3,(H2,18,20)(H,19,21). The predicted molar refractivity (Wildman–Crippen MR) is 90.4 cm³/mol. The molecule has 0 saturated carbocycles. The van der Waals surface area contributed by atoms with Gasteiger partial charge in [0, 0.05) is 9.92 Å². The summed E-state index contributed by atoms with van der Waals surface area (Å²) < 4.78 is 0. The summed E-state index contributed by atoms with van der Waals surface area (Å²) in [5, 5.41) is 3.06. The monoisotopic (exact) mass is 334 g/mol. The molecule has 114 valence electrons. The summed E-state index contributed by atoms with van der Waals surface area (Å²) in [5.74, 6) is -0.775. The molecular formula is C16H15ClN2O2S. The van der Waals surface area contributed by atoms with Crippen molar-refractivity contribution in [1.82, 2.24) is 0 Å². The van der Waals surface area contributed by atoms with E-state index in [0.29, 0.717) is 16.3 Å². The Kier molecular flexibility index (Phi) is 5.46. The molecule has 1 unspecified atom stereocenters. The summed E-state index contributed by atoms with van der Waals surface area (Å²) in [4.78, 5) is 24.5. The highest BCUT2D eigenvalue weighted by Gasteiger charge is 2.17. The zero-order valence-electron chi connectivity index (χ0n) is 11.9. The Morgan fingerprint density at radius 3 is 2.41 bits per heavy atom.